The summed E-state index contributed by atoms with van der Waals surface area (Å²) in [6.07, 6.45) is 4.83. The lowest BCUT2D eigenvalue weighted by molar-refractivity contribution is 0.0428. The van der Waals surface area contributed by atoms with Crippen molar-refractivity contribution in [2.75, 3.05) is 0 Å². The van der Waals surface area contributed by atoms with Gasteiger partial charge in [-0.25, -0.2) is 14.5 Å². The number of rotatable bonds is 7. The van der Waals surface area contributed by atoms with Crippen molar-refractivity contribution in [1.82, 2.24) is 24.9 Å². The van der Waals surface area contributed by atoms with Crippen LogP contribution in [-0.2, 0) is 17.8 Å². The van der Waals surface area contributed by atoms with Crippen LogP contribution >= 0.6 is 0 Å². The van der Waals surface area contributed by atoms with Gasteiger partial charge in [0.2, 0.25) is 0 Å². The van der Waals surface area contributed by atoms with E-state index in [9.17, 15) is 4.79 Å². The van der Waals surface area contributed by atoms with Crippen LogP contribution in [0.25, 0.3) is 5.82 Å². The normalized spacial score (nSPS) is 11.1. The lowest BCUT2D eigenvalue weighted by Crippen LogP contribution is -2.12. The van der Waals surface area contributed by atoms with E-state index in [1.165, 1.54) is 6.20 Å². The Labute approximate surface area is 151 Å². The number of nitrogens with zero attached hydrogens (tertiary/aromatic N) is 5. The molecule has 3 rings (SSSR count). The van der Waals surface area contributed by atoms with Gasteiger partial charge in [0.15, 0.2) is 18.2 Å². The maximum absolute atomic E-state index is 12.5. The second kappa shape index (κ2) is 7.90. The van der Waals surface area contributed by atoms with Gasteiger partial charge >= 0.3 is 5.97 Å². The number of esters is 1. The molecule has 0 amide bonds. The molecule has 0 spiro atoms. The SMILES string of the molecule is CCCc1noc(COC(=O)c2cnn(-c3ccccn3)c2C(C)C)n1. The summed E-state index contributed by atoms with van der Waals surface area (Å²) in [5.74, 6) is 1.12. The van der Waals surface area contributed by atoms with E-state index in [1.807, 2.05) is 39.0 Å². The molecule has 0 aliphatic carbocycles. The molecule has 8 heteroatoms. The van der Waals surface area contributed by atoms with Crippen LogP contribution in [0.4, 0.5) is 0 Å². The second-order valence-corrected chi connectivity index (χ2v) is 6.13. The fraction of sp³-hybridized carbons (Fsp3) is 0.389. The fourth-order valence-corrected chi connectivity index (χ4v) is 2.61. The number of hydrogen-bond acceptors (Lipinski definition) is 7. The number of aromatic nitrogens is 5. The third-order valence-corrected chi connectivity index (χ3v) is 3.75. The van der Waals surface area contributed by atoms with Crippen molar-refractivity contribution in [2.24, 2.45) is 0 Å². The molecule has 0 bridgehead atoms. The number of pyridine rings is 1. The largest absolute Gasteiger partial charge is 0.452 e. The molecule has 0 fully saturated rings. The van der Waals surface area contributed by atoms with Crippen LogP contribution < -0.4 is 0 Å². The number of carbonyl (C=O) groups is 1. The van der Waals surface area contributed by atoms with Crippen molar-refractivity contribution in [1.29, 1.82) is 0 Å². The molecule has 0 atom stereocenters. The lowest BCUT2D eigenvalue weighted by Gasteiger charge is -2.11. The highest BCUT2D eigenvalue weighted by molar-refractivity contribution is 5.90. The van der Waals surface area contributed by atoms with Crippen LogP contribution in [0.3, 0.4) is 0 Å². The molecule has 0 aliphatic rings. The highest BCUT2D eigenvalue weighted by Crippen LogP contribution is 2.23. The van der Waals surface area contributed by atoms with Crippen molar-refractivity contribution >= 4 is 5.97 Å². The van der Waals surface area contributed by atoms with E-state index >= 15 is 0 Å². The summed E-state index contributed by atoms with van der Waals surface area (Å²) in [6, 6.07) is 5.53. The molecule has 3 aromatic heterocycles. The van der Waals surface area contributed by atoms with Crippen LogP contribution in [0.5, 0.6) is 0 Å². The minimum atomic E-state index is -0.480. The molecule has 0 radical (unpaired) electrons. The van der Waals surface area contributed by atoms with Gasteiger partial charge in [-0.15, -0.1) is 0 Å². The topological polar surface area (TPSA) is 95.9 Å². The molecule has 0 unspecified atom stereocenters. The Bertz CT molecular complexity index is 870. The summed E-state index contributed by atoms with van der Waals surface area (Å²) in [5.41, 5.74) is 1.14. The lowest BCUT2D eigenvalue weighted by atomic mass is 10.1. The predicted octanol–water partition coefficient (Wildman–Crippen LogP) is 3.08. The maximum atomic E-state index is 12.5. The Morgan fingerprint density at radius 2 is 2.19 bits per heavy atom. The zero-order valence-corrected chi connectivity index (χ0v) is 15.0. The second-order valence-electron chi connectivity index (χ2n) is 6.13. The molecule has 3 aromatic rings. The summed E-state index contributed by atoms with van der Waals surface area (Å²) in [5, 5.41) is 8.16. The van der Waals surface area contributed by atoms with E-state index in [0.29, 0.717) is 17.2 Å². The van der Waals surface area contributed by atoms with Gasteiger partial charge in [0.25, 0.3) is 5.89 Å². The Kier molecular flexibility index (Phi) is 5.40. The van der Waals surface area contributed by atoms with Gasteiger partial charge in [0.1, 0.15) is 5.56 Å². The standard InChI is InChI=1S/C18H21N5O3/c1-4-7-14-21-16(26-22-14)11-25-18(24)13-10-20-23(17(13)12(2)3)15-8-5-6-9-19-15/h5-6,8-10,12H,4,7,11H2,1-3H3. The maximum Gasteiger partial charge on any atom is 0.342 e. The van der Waals surface area contributed by atoms with Crippen molar-refractivity contribution in [3.05, 3.63) is 53.6 Å². The van der Waals surface area contributed by atoms with E-state index < -0.39 is 5.97 Å². The van der Waals surface area contributed by atoms with Crippen LogP contribution in [0, 0.1) is 0 Å². The number of carbonyl (C=O) groups excluding carboxylic acids is 1. The quantitative estimate of drug-likeness (QED) is 0.601. The van der Waals surface area contributed by atoms with Crippen molar-refractivity contribution in [3.8, 4) is 5.82 Å². The molecule has 0 saturated carbocycles. The van der Waals surface area contributed by atoms with E-state index in [-0.39, 0.29) is 18.4 Å². The van der Waals surface area contributed by atoms with E-state index in [4.69, 9.17) is 9.26 Å². The third kappa shape index (κ3) is 3.79. The molecule has 136 valence electrons. The molecule has 0 aromatic carbocycles. The summed E-state index contributed by atoms with van der Waals surface area (Å²) < 4.78 is 12.1. The van der Waals surface area contributed by atoms with Crippen LogP contribution in [0.2, 0.25) is 0 Å². The summed E-state index contributed by atoms with van der Waals surface area (Å²) in [7, 11) is 0. The van der Waals surface area contributed by atoms with Gasteiger partial charge in [-0.05, 0) is 24.5 Å². The molecule has 3 heterocycles. The predicted molar refractivity (Wildman–Crippen MR) is 92.9 cm³/mol. The van der Waals surface area contributed by atoms with Gasteiger partial charge in [-0.3, -0.25) is 0 Å². The highest BCUT2D eigenvalue weighted by Gasteiger charge is 2.23. The average Bonchev–Trinajstić information content (AvgIpc) is 3.28. The van der Waals surface area contributed by atoms with Gasteiger partial charge in [0, 0.05) is 12.6 Å². The monoisotopic (exact) mass is 355 g/mol. The van der Waals surface area contributed by atoms with Crippen molar-refractivity contribution < 1.29 is 14.1 Å². The number of hydrogen-bond donors (Lipinski definition) is 0. The van der Waals surface area contributed by atoms with Crippen LogP contribution in [0.15, 0.2) is 35.1 Å². The Balaban J connectivity index is 1.77. The van der Waals surface area contributed by atoms with E-state index in [1.54, 1.807) is 10.9 Å². The fourth-order valence-electron chi connectivity index (χ4n) is 2.61. The van der Waals surface area contributed by atoms with Gasteiger partial charge in [0.05, 0.1) is 11.9 Å². The Morgan fingerprint density at radius 3 is 2.88 bits per heavy atom. The first-order valence-electron chi connectivity index (χ1n) is 8.58. The average molecular weight is 355 g/mol. The molecular formula is C18H21N5O3. The molecule has 8 nitrogen and oxygen atoms in total. The molecule has 0 saturated heterocycles. The van der Waals surface area contributed by atoms with Crippen LogP contribution in [-0.4, -0.2) is 30.9 Å². The van der Waals surface area contributed by atoms with Crippen molar-refractivity contribution in [2.45, 2.75) is 46.1 Å². The molecule has 0 N–H and O–H groups in total. The first kappa shape index (κ1) is 17.8. The molecule has 26 heavy (non-hydrogen) atoms. The third-order valence-electron chi connectivity index (χ3n) is 3.75. The number of aryl methyl sites for hydroxylation is 1. The molecule has 0 aliphatic heterocycles. The summed E-state index contributed by atoms with van der Waals surface area (Å²) in [6.45, 7) is 5.94. The summed E-state index contributed by atoms with van der Waals surface area (Å²) >= 11 is 0. The Morgan fingerprint density at radius 1 is 1.35 bits per heavy atom. The zero-order valence-electron chi connectivity index (χ0n) is 15.0. The summed E-state index contributed by atoms with van der Waals surface area (Å²) in [4.78, 5) is 21.0. The highest BCUT2D eigenvalue weighted by atomic mass is 16.6. The van der Waals surface area contributed by atoms with Crippen LogP contribution in [0.1, 0.15) is 60.9 Å². The minimum absolute atomic E-state index is 0.0571. The minimum Gasteiger partial charge on any atom is -0.452 e. The first-order chi connectivity index (χ1) is 12.6. The van der Waals surface area contributed by atoms with E-state index in [0.717, 1.165) is 18.5 Å². The van der Waals surface area contributed by atoms with Crippen molar-refractivity contribution in [3.63, 3.8) is 0 Å². The molecular weight excluding hydrogens is 334 g/mol. The van der Waals surface area contributed by atoms with Gasteiger partial charge in [-0.1, -0.05) is 32.0 Å². The Hall–Kier alpha value is -3.03. The zero-order chi connectivity index (χ0) is 18.5. The van der Waals surface area contributed by atoms with E-state index in [2.05, 4.69) is 20.2 Å². The number of ether oxygens (including phenoxy) is 1. The first-order valence-corrected chi connectivity index (χ1v) is 8.58. The smallest absolute Gasteiger partial charge is 0.342 e. The van der Waals surface area contributed by atoms with Gasteiger partial charge < -0.3 is 9.26 Å². The van der Waals surface area contributed by atoms with Gasteiger partial charge in [-0.2, -0.15) is 10.1 Å².